The highest BCUT2D eigenvalue weighted by Crippen LogP contribution is 2.23. The van der Waals surface area contributed by atoms with Gasteiger partial charge in [-0.3, -0.25) is 9.59 Å². The summed E-state index contributed by atoms with van der Waals surface area (Å²) < 4.78 is 11.0. The number of pyridine rings is 1. The Morgan fingerprint density at radius 1 is 0.939 bits per heavy atom. The van der Waals surface area contributed by atoms with E-state index in [1.807, 2.05) is 67.6 Å². The Morgan fingerprint density at radius 3 is 2.45 bits per heavy atom. The van der Waals surface area contributed by atoms with Crippen LogP contribution in [0.5, 0.6) is 11.5 Å². The monoisotopic (exact) mass is 442 g/mol. The standard InChI is InChI=1S/C27H26N2O4/c1-3-33-25-12-8-7-11-23(25)27(31)29(17-19-9-5-4-6-10-19)18-21-15-20-16-22(32-2)13-14-24(20)28-26(21)30/h4-16H,3,17-18H2,1-2H3,(H,28,30). The molecule has 0 atom stereocenters. The molecular weight excluding hydrogens is 416 g/mol. The number of amides is 1. The fraction of sp³-hybridized carbons (Fsp3) is 0.185. The Hall–Kier alpha value is -4.06. The Bertz CT molecular complexity index is 1310. The molecule has 0 radical (unpaired) electrons. The summed E-state index contributed by atoms with van der Waals surface area (Å²) in [5.74, 6) is 1.02. The van der Waals surface area contributed by atoms with Gasteiger partial charge in [0.05, 0.1) is 25.8 Å². The maximum Gasteiger partial charge on any atom is 0.258 e. The number of hydrogen-bond acceptors (Lipinski definition) is 4. The van der Waals surface area contributed by atoms with Gasteiger partial charge in [-0.05, 0) is 48.9 Å². The number of carbonyl (C=O) groups is 1. The lowest BCUT2D eigenvalue weighted by atomic mass is 10.1. The number of aromatic amines is 1. The van der Waals surface area contributed by atoms with E-state index in [1.165, 1.54) is 0 Å². The minimum atomic E-state index is -0.225. The van der Waals surface area contributed by atoms with Crippen molar-refractivity contribution in [2.75, 3.05) is 13.7 Å². The number of rotatable bonds is 8. The van der Waals surface area contributed by atoms with Crippen LogP contribution in [0.15, 0.2) is 83.7 Å². The third-order valence-electron chi connectivity index (χ3n) is 5.41. The van der Waals surface area contributed by atoms with Gasteiger partial charge in [0.2, 0.25) is 0 Å². The summed E-state index contributed by atoms with van der Waals surface area (Å²) in [5.41, 5.74) is 2.42. The van der Waals surface area contributed by atoms with Crippen LogP contribution >= 0.6 is 0 Å². The van der Waals surface area contributed by atoms with Crippen LogP contribution in [0.1, 0.15) is 28.4 Å². The van der Waals surface area contributed by atoms with Crippen LogP contribution in [-0.2, 0) is 13.1 Å². The Balaban J connectivity index is 1.73. The van der Waals surface area contributed by atoms with Gasteiger partial charge < -0.3 is 19.4 Å². The first-order valence-electron chi connectivity index (χ1n) is 10.8. The third-order valence-corrected chi connectivity index (χ3v) is 5.41. The number of aromatic nitrogens is 1. The molecule has 1 N–H and O–H groups in total. The van der Waals surface area contributed by atoms with Crippen LogP contribution in [-0.4, -0.2) is 29.5 Å². The van der Waals surface area contributed by atoms with Crippen molar-refractivity contribution in [3.8, 4) is 11.5 Å². The summed E-state index contributed by atoms with van der Waals surface area (Å²) in [4.78, 5) is 31.1. The van der Waals surface area contributed by atoms with Gasteiger partial charge in [-0.15, -0.1) is 0 Å². The number of para-hydroxylation sites is 1. The average Bonchev–Trinajstić information content (AvgIpc) is 2.84. The zero-order chi connectivity index (χ0) is 23.2. The first-order valence-corrected chi connectivity index (χ1v) is 10.8. The first kappa shape index (κ1) is 22.1. The molecule has 0 aliphatic carbocycles. The Labute approximate surface area is 192 Å². The van der Waals surface area contributed by atoms with Gasteiger partial charge in [0, 0.05) is 23.0 Å². The Morgan fingerprint density at radius 2 is 1.70 bits per heavy atom. The smallest absolute Gasteiger partial charge is 0.258 e. The second-order valence-electron chi connectivity index (χ2n) is 7.65. The third kappa shape index (κ3) is 5.06. The quantitative estimate of drug-likeness (QED) is 0.426. The highest BCUT2D eigenvalue weighted by atomic mass is 16.5. The van der Waals surface area contributed by atoms with Crippen molar-refractivity contribution < 1.29 is 14.3 Å². The molecule has 6 heteroatoms. The number of benzene rings is 3. The number of ether oxygens (including phenoxy) is 2. The number of hydrogen-bond donors (Lipinski definition) is 1. The molecule has 4 aromatic rings. The van der Waals surface area contributed by atoms with E-state index in [0.717, 1.165) is 10.9 Å². The molecule has 0 spiro atoms. The van der Waals surface area contributed by atoms with Crippen LogP contribution in [0.4, 0.5) is 0 Å². The topological polar surface area (TPSA) is 71.6 Å². The molecule has 6 nitrogen and oxygen atoms in total. The SMILES string of the molecule is CCOc1ccccc1C(=O)N(Cc1ccccc1)Cc1cc2cc(OC)ccc2[nH]c1=O. The van der Waals surface area contributed by atoms with E-state index in [1.54, 1.807) is 30.2 Å². The highest BCUT2D eigenvalue weighted by Gasteiger charge is 2.21. The summed E-state index contributed by atoms with van der Waals surface area (Å²) in [7, 11) is 1.60. The van der Waals surface area contributed by atoms with Gasteiger partial charge in [0.1, 0.15) is 11.5 Å². The zero-order valence-corrected chi connectivity index (χ0v) is 18.7. The molecule has 0 unspecified atom stereocenters. The van der Waals surface area contributed by atoms with E-state index in [4.69, 9.17) is 9.47 Å². The van der Waals surface area contributed by atoms with Gasteiger partial charge in [-0.2, -0.15) is 0 Å². The van der Waals surface area contributed by atoms with Crippen LogP contribution < -0.4 is 15.0 Å². The van der Waals surface area contributed by atoms with E-state index in [9.17, 15) is 9.59 Å². The van der Waals surface area contributed by atoms with Crippen molar-refractivity contribution >= 4 is 16.8 Å². The number of methoxy groups -OCH3 is 1. The molecule has 0 fully saturated rings. The lowest BCUT2D eigenvalue weighted by Gasteiger charge is -2.24. The van der Waals surface area contributed by atoms with Gasteiger partial charge in [-0.1, -0.05) is 42.5 Å². The molecule has 0 saturated carbocycles. The molecule has 3 aromatic carbocycles. The maximum atomic E-state index is 13.6. The summed E-state index contributed by atoms with van der Waals surface area (Å²) in [5, 5.41) is 0.839. The van der Waals surface area contributed by atoms with E-state index in [0.29, 0.717) is 41.3 Å². The molecule has 33 heavy (non-hydrogen) atoms. The van der Waals surface area contributed by atoms with Crippen molar-refractivity contribution in [1.29, 1.82) is 0 Å². The largest absolute Gasteiger partial charge is 0.497 e. The number of fused-ring (bicyclic) bond motifs is 1. The van der Waals surface area contributed by atoms with Crippen LogP contribution in [0.3, 0.4) is 0 Å². The van der Waals surface area contributed by atoms with Gasteiger partial charge in [-0.25, -0.2) is 0 Å². The molecule has 0 bridgehead atoms. The zero-order valence-electron chi connectivity index (χ0n) is 18.7. The highest BCUT2D eigenvalue weighted by molar-refractivity contribution is 5.97. The minimum Gasteiger partial charge on any atom is -0.497 e. The number of H-pyrrole nitrogens is 1. The van der Waals surface area contributed by atoms with Gasteiger partial charge in [0.25, 0.3) is 11.5 Å². The van der Waals surface area contributed by atoms with Crippen LogP contribution in [0, 0.1) is 0 Å². The Kier molecular flexibility index (Phi) is 6.74. The summed E-state index contributed by atoms with van der Waals surface area (Å²) >= 11 is 0. The van der Waals surface area contributed by atoms with Crippen LogP contribution in [0.2, 0.25) is 0 Å². The van der Waals surface area contributed by atoms with E-state index >= 15 is 0 Å². The molecule has 1 amide bonds. The van der Waals surface area contributed by atoms with Crippen LogP contribution in [0.25, 0.3) is 10.9 Å². The lowest BCUT2D eigenvalue weighted by Crippen LogP contribution is -2.32. The number of carbonyl (C=O) groups excluding carboxylic acids is 1. The van der Waals surface area contributed by atoms with E-state index in [-0.39, 0.29) is 18.0 Å². The first-order chi connectivity index (χ1) is 16.1. The molecule has 4 rings (SSSR count). The van der Waals surface area contributed by atoms with Gasteiger partial charge >= 0.3 is 0 Å². The van der Waals surface area contributed by atoms with Crippen molar-refractivity contribution in [3.05, 3.63) is 106 Å². The average molecular weight is 443 g/mol. The second kappa shape index (κ2) is 10.0. The molecule has 1 aromatic heterocycles. The minimum absolute atomic E-state index is 0.149. The molecule has 0 saturated heterocycles. The maximum absolute atomic E-state index is 13.6. The fourth-order valence-corrected chi connectivity index (χ4v) is 3.78. The summed E-state index contributed by atoms with van der Waals surface area (Å²) in [6, 6.07) is 24.2. The fourth-order valence-electron chi connectivity index (χ4n) is 3.78. The van der Waals surface area contributed by atoms with Crippen molar-refractivity contribution in [1.82, 2.24) is 9.88 Å². The van der Waals surface area contributed by atoms with Crippen molar-refractivity contribution in [2.24, 2.45) is 0 Å². The second-order valence-corrected chi connectivity index (χ2v) is 7.65. The summed E-state index contributed by atoms with van der Waals surface area (Å²) in [6.07, 6.45) is 0. The molecular formula is C27H26N2O4. The summed E-state index contributed by atoms with van der Waals surface area (Å²) in [6.45, 7) is 2.84. The lowest BCUT2D eigenvalue weighted by molar-refractivity contribution is 0.0725. The molecule has 0 aliphatic heterocycles. The number of nitrogens with one attached hydrogen (secondary N) is 1. The molecule has 168 valence electrons. The van der Waals surface area contributed by atoms with Crippen molar-refractivity contribution in [3.63, 3.8) is 0 Å². The van der Waals surface area contributed by atoms with E-state index < -0.39 is 0 Å². The predicted octanol–water partition coefficient (Wildman–Crippen LogP) is 4.78. The molecule has 1 heterocycles. The van der Waals surface area contributed by atoms with Crippen molar-refractivity contribution in [2.45, 2.75) is 20.0 Å². The van der Waals surface area contributed by atoms with Gasteiger partial charge in [0.15, 0.2) is 0 Å². The number of nitrogens with zero attached hydrogens (tertiary/aromatic N) is 1. The van der Waals surface area contributed by atoms with E-state index in [2.05, 4.69) is 4.98 Å². The molecule has 0 aliphatic rings. The predicted molar refractivity (Wildman–Crippen MR) is 129 cm³/mol. The normalized spacial score (nSPS) is 10.7.